The summed E-state index contributed by atoms with van der Waals surface area (Å²) in [6.45, 7) is 5.32. The largest absolute Gasteiger partial charge is 0.381 e. The van der Waals surface area contributed by atoms with Gasteiger partial charge in [0.25, 0.3) is 0 Å². The molecule has 0 aromatic heterocycles. The van der Waals surface area contributed by atoms with Gasteiger partial charge >= 0.3 is 6.03 Å². The maximum Gasteiger partial charge on any atom is 0.321 e. The van der Waals surface area contributed by atoms with Gasteiger partial charge in [-0.2, -0.15) is 0 Å². The van der Waals surface area contributed by atoms with Crippen molar-refractivity contribution in [3.63, 3.8) is 0 Å². The van der Waals surface area contributed by atoms with E-state index < -0.39 is 0 Å². The van der Waals surface area contributed by atoms with Crippen LogP contribution in [0.3, 0.4) is 0 Å². The average molecular weight is 335 g/mol. The molecule has 2 unspecified atom stereocenters. The van der Waals surface area contributed by atoms with Gasteiger partial charge in [0.2, 0.25) is 0 Å². The van der Waals surface area contributed by atoms with Crippen LogP contribution in [0.5, 0.6) is 0 Å². The third-order valence-electron chi connectivity index (χ3n) is 6.95. The molecule has 136 valence electrons. The summed E-state index contributed by atoms with van der Waals surface area (Å²) in [5.41, 5.74) is 0.0699. The van der Waals surface area contributed by atoms with E-state index in [9.17, 15) is 4.79 Å². The molecule has 2 amide bonds. The smallest absolute Gasteiger partial charge is 0.321 e. The fourth-order valence-electron chi connectivity index (χ4n) is 6.00. The van der Waals surface area contributed by atoms with Crippen LogP contribution < -0.4 is 5.32 Å². The van der Waals surface area contributed by atoms with Crippen LogP contribution in [0.15, 0.2) is 0 Å². The molecule has 0 aromatic rings. The number of piperidine rings is 1. The fraction of sp³-hybridized carbons (Fsp3) is 0.947. The van der Waals surface area contributed by atoms with Gasteiger partial charge in [0, 0.05) is 37.8 Å². The third kappa shape index (κ3) is 2.64. The Balaban J connectivity index is 1.54. The molecule has 5 nitrogen and oxygen atoms in total. The molecule has 4 rings (SSSR count). The van der Waals surface area contributed by atoms with Gasteiger partial charge in [-0.15, -0.1) is 0 Å². The van der Waals surface area contributed by atoms with Gasteiger partial charge in [0.05, 0.1) is 11.6 Å². The number of fused-ring (bicyclic) bond motifs is 2. The Bertz CT molecular complexity index is 475. The number of ether oxygens (including phenoxy) is 1. The summed E-state index contributed by atoms with van der Waals surface area (Å²) >= 11 is 0. The lowest BCUT2D eigenvalue weighted by molar-refractivity contribution is 0.0468. The Morgan fingerprint density at radius 3 is 2.25 bits per heavy atom. The van der Waals surface area contributed by atoms with E-state index in [0.29, 0.717) is 30.3 Å². The van der Waals surface area contributed by atoms with Crippen LogP contribution >= 0.6 is 0 Å². The van der Waals surface area contributed by atoms with Gasteiger partial charge in [-0.1, -0.05) is 0 Å². The first-order valence-electron chi connectivity index (χ1n) is 9.91. The van der Waals surface area contributed by atoms with E-state index in [1.165, 1.54) is 12.8 Å². The maximum atomic E-state index is 13.3. The molecular weight excluding hydrogens is 302 g/mol. The Morgan fingerprint density at radius 2 is 1.71 bits per heavy atom. The Hall–Kier alpha value is -0.810. The Kier molecular flexibility index (Phi) is 4.28. The van der Waals surface area contributed by atoms with E-state index in [2.05, 4.69) is 29.0 Å². The number of hydrogen-bond acceptors (Lipinski definition) is 3. The number of carbonyl (C=O) groups excluding carboxylic acids is 1. The zero-order valence-electron chi connectivity index (χ0n) is 15.5. The summed E-state index contributed by atoms with van der Waals surface area (Å²) in [5.74, 6) is 0. The van der Waals surface area contributed by atoms with Gasteiger partial charge in [-0.25, -0.2) is 4.79 Å². The van der Waals surface area contributed by atoms with Gasteiger partial charge in [-0.05, 0) is 65.2 Å². The van der Waals surface area contributed by atoms with Crippen LogP contribution in [-0.2, 0) is 4.74 Å². The summed E-state index contributed by atoms with van der Waals surface area (Å²) in [6, 6.07) is 2.23. The monoisotopic (exact) mass is 335 g/mol. The summed E-state index contributed by atoms with van der Waals surface area (Å²) in [4.78, 5) is 17.8. The van der Waals surface area contributed by atoms with Gasteiger partial charge < -0.3 is 19.9 Å². The first kappa shape index (κ1) is 16.6. The second-order valence-corrected chi connectivity index (χ2v) is 8.81. The van der Waals surface area contributed by atoms with E-state index in [1.54, 1.807) is 0 Å². The van der Waals surface area contributed by atoms with Crippen molar-refractivity contribution in [1.82, 2.24) is 15.1 Å². The lowest BCUT2D eigenvalue weighted by atomic mass is 9.82. The SMILES string of the molecule is COC1CCC(N2CC3(CC4CCC(C3)N4)N(C(C)C)C2=O)CC1. The van der Waals surface area contributed by atoms with Crippen LogP contribution in [0.1, 0.15) is 65.2 Å². The van der Waals surface area contributed by atoms with Crippen LogP contribution in [0, 0.1) is 0 Å². The number of carbonyl (C=O) groups is 1. The van der Waals surface area contributed by atoms with Crippen molar-refractivity contribution < 1.29 is 9.53 Å². The predicted octanol–water partition coefficient (Wildman–Crippen LogP) is 2.74. The minimum Gasteiger partial charge on any atom is -0.381 e. The van der Waals surface area contributed by atoms with Crippen LogP contribution in [0.25, 0.3) is 0 Å². The highest BCUT2D eigenvalue weighted by Crippen LogP contribution is 2.45. The number of rotatable bonds is 3. The molecular formula is C19H33N3O2. The highest BCUT2D eigenvalue weighted by atomic mass is 16.5. The zero-order chi connectivity index (χ0) is 16.9. The quantitative estimate of drug-likeness (QED) is 0.862. The van der Waals surface area contributed by atoms with Crippen LogP contribution in [0.2, 0.25) is 0 Å². The molecule has 0 radical (unpaired) electrons. The van der Waals surface area contributed by atoms with Gasteiger partial charge in [-0.3, -0.25) is 0 Å². The lowest BCUT2D eigenvalue weighted by Gasteiger charge is -2.45. The summed E-state index contributed by atoms with van der Waals surface area (Å²) < 4.78 is 5.51. The number of hydrogen-bond donors (Lipinski definition) is 1. The van der Waals surface area contributed by atoms with Gasteiger partial charge in [0.15, 0.2) is 0 Å². The van der Waals surface area contributed by atoms with Crippen molar-refractivity contribution in [2.75, 3.05) is 13.7 Å². The molecule has 3 saturated heterocycles. The molecule has 4 aliphatic rings. The molecule has 0 aromatic carbocycles. The number of urea groups is 1. The normalized spacial score (nSPS) is 42.6. The van der Waals surface area contributed by atoms with Crippen LogP contribution in [-0.4, -0.2) is 65.3 Å². The summed E-state index contributed by atoms with van der Waals surface area (Å²) in [5, 5.41) is 3.75. The Morgan fingerprint density at radius 1 is 1.08 bits per heavy atom. The van der Waals surface area contributed by atoms with Crippen molar-refractivity contribution in [2.45, 2.75) is 101 Å². The molecule has 1 spiro atoms. The first-order valence-corrected chi connectivity index (χ1v) is 9.91. The third-order valence-corrected chi connectivity index (χ3v) is 6.95. The van der Waals surface area contributed by atoms with E-state index in [4.69, 9.17) is 4.74 Å². The predicted molar refractivity (Wildman–Crippen MR) is 94.0 cm³/mol. The second kappa shape index (κ2) is 6.17. The van der Waals surface area contributed by atoms with Crippen molar-refractivity contribution >= 4 is 6.03 Å². The molecule has 3 heterocycles. The molecule has 1 aliphatic carbocycles. The van der Waals surface area contributed by atoms with Crippen molar-refractivity contribution in [3.8, 4) is 0 Å². The fourth-order valence-corrected chi connectivity index (χ4v) is 6.00. The topological polar surface area (TPSA) is 44.8 Å². The maximum absolute atomic E-state index is 13.3. The van der Waals surface area contributed by atoms with Crippen molar-refractivity contribution in [1.29, 1.82) is 0 Å². The number of nitrogens with zero attached hydrogens (tertiary/aromatic N) is 2. The number of amides is 2. The van der Waals surface area contributed by atoms with E-state index in [-0.39, 0.29) is 11.6 Å². The van der Waals surface area contributed by atoms with E-state index >= 15 is 0 Å². The summed E-state index contributed by atoms with van der Waals surface area (Å²) in [6.07, 6.45) is 9.60. The lowest BCUT2D eigenvalue weighted by Crippen LogP contribution is -2.59. The van der Waals surface area contributed by atoms with E-state index in [1.807, 2.05) is 7.11 Å². The second-order valence-electron chi connectivity index (χ2n) is 8.81. The average Bonchev–Trinajstić information content (AvgIpc) is 3.04. The molecule has 3 aliphatic heterocycles. The molecule has 1 saturated carbocycles. The number of nitrogens with one attached hydrogen (secondary N) is 1. The highest BCUT2D eigenvalue weighted by molar-refractivity contribution is 5.79. The molecule has 4 fully saturated rings. The van der Waals surface area contributed by atoms with Crippen molar-refractivity contribution in [2.24, 2.45) is 0 Å². The Labute approximate surface area is 146 Å². The van der Waals surface area contributed by atoms with E-state index in [0.717, 1.165) is 45.1 Å². The van der Waals surface area contributed by atoms with Crippen LogP contribution in [0.4, 0.5) is 4.79 Å². The summed E-state index contributed by atoms with van der Waals surface area (Å²) in [7, 11) is 1.81. The molecule has 24 heavy (non-hydrogen) atoms. The molecule has 2 atom stereocenters. The zero-order valence-corrected chi connectivity index (χ0v) is 15.5. The highest BCUT2D eigenvalue weighted by Gasteiger charge is 2.56. The molecule has 5 heteroatoms. The minimum atomic E-state index is 0.0699. The van der Waals surface area contributed by atoms with Gasteiger partial charge in [0.1, 0.15) is 0 Å². The molecule has 2 bridgehead atoms. The molecule has 1 N–H and O–H groups in total. The number of methoxy groups -OCH3 is 1. The first-order chi connectivity index (χ1) is 11.5. The standard InChI is InChI=1S/C19H33N3O2/c1-13(2)22-18(23)21(16-6-8-17(24-3)9-7-16)12-19(22)10-14-4-5-15(11-19)20-14/h13-17,20H,4-12H2,1-3H3. The minimum absolute atomic E-state index is 0.0699. The van der Waals surface area contributed by atoms with Crippen molar-refractivity contribution in [3.05, 3.63) is 0 Å².